The fraction of sp³-hybridized carbons (Fsp3) is 0.556. The Hall–Kier alpha value is -2.57. The molecule has 11 nitrogen and oxygen atoms in total. The van der Waals surface area contributed by atoms with E-state index in [0.717, 1.165) is 11.3 Å². The van der Waals surface area contributed by atoms with Crippen LogP contribution in [0.4, 0.5) is 5.69 Å². The summed E-state index contributed by atoms with van der Waals surface area (Å²) in [6.07, 6.45) is 0.285. The number of hydrogen-bond donors (Lipinski definition) is 4. The van der Waals surface area contributed by atoms with Crippen LogP contribution in [0.1, 0.15) is 12.0 Å². The van der Waals surface area contributed by atoms with Gasteiger partial charge in [-0.05, 0) is 18.6 Å². The zero-order valence-corrected chi connectivity index (χ0v) is 17.2. The third-order valence-corrected chi connectivity index (χ3v) is 5.02. The quantitative estimate of drug-likeness (QED) is 0.177. The van der Waals surface area contributed by atoms with Crippen LogP contribution in [0.2, 0.25) is 0 Å². The number of thioether (sulfide) groups is 1. The second kappa shape index (κ2) is 12.9. The summed E-state index contributed by atoms with van der Waals surface area (Å²) in [5.74, 6) is 1.01. The van der Waals surface area contributed by atoms with E-state index in [1.54, 1.807) is 6.07 Å². The van der Waals surface area contributed by atoms with E-state index in [-0.39, 0.29) is 30.8 Å². The molecule has 0 bridgehead atoms. The summed E-state index contributed by atoms with van der Waals surface area (Å²) >= 11 is 1.24. The first kappa shape index (κ1) is 23.7. The predicted octanol–water partition coefficient (Wildman–Crippen LogP) is -0.0417. The molecule has 1 heterocycles. The van der Waals surface area contributed by atoms with Crippen molar-refractivity contribution in [2.45, 2.75) is 18.9 Å². The Morgan fingerprint density at radius 1 is 1.37 bits per heavy atom. The van der Waals surface area contributed by atoms with Crippen LogP contribution < -0.4 is 20.7 Å². The predicted molar refractivity (Wildman–Crippen MR) is 111 cm³/mol. The average Bonchev–Trinajstić information content (AvgIpc) is 2.71. The van der Waals surface area contributed by atoms with Crippen LogP contribution in [0.25, 0.3) is 0 Å². The molecule has 0 aromatic heterocycles. The Labute approximate surface area is 178 Å². The minimum absolute atomic E-state index is 0.0153. The van der Waals surface area contributed by atoms with Crippen molar-refractivity contribution in [1.29, 1.82) is 0 Å². The van der Waals surface area contributed by atoms with Crippen molar-refractivity contribution in [2.24, 2.45) is 0 Å². The number of nitrogens with one attached hydrogen (secondary N) is 3. The molecule has 2 rings (SSSR count). The molecule has 1 aliphatic heterocycles. The first-order valence-corrected chi connectivity index (χ1v) is 10.7. The van der Waals surface area contributed by atoms with E-state index in [9.17, 15) is 24.8 Å². The molecule has 1 aliphatic rings. The Kier molecular flexibility index (Phi) is 10.2. The number of benzene rings is 1. The van der Waals surface area contributed by atoms with Gasteiger partial charge in [-0.3, -0.25) is 9.59 Å². The number of rotatable bonds is 14. The van der Waals surface area contributed by atoms with Crippen molar-refractivity contribution in [3.8, 4) is 5.75 Å². The van der Waals surface area contributed by atoms with Gasteiger partial charge in [0.15, 0.2) is 0 Å². The first-order valence-electron chi connectivity index (χ1n) is 9.50. The maximum absolute atomic E-state index is 11.6. The molecule has 0 spiro atoms. The van der Waals surface area contributed by atoms with Crippen LogP contribution in [-0.2, 0) is 20.8 Å². The lowest BCUT2D eigenvalue weighted by atomic mass is 10.0. The molecule has 30 heavy (non-hydrogen) atoms. The number of carbonyl (C=O) groups excluding carboxylic acids is 2. The molecule has 1 unspecified atom stereocenters. The zero-order chi connectivity index (χ0) is 21.8. The number of amides is 2. The Balaban J connectivity index is 1.53. The summed E-state index contributed by atoms with van der Waals surface area (Å²) < 4.78 is 5.71. The van der Waals surface area contributed by atoms with Gasteiger partial charge in [0.25, 0.3) is 5.09 Å². The van der Waals surface area contributed by atoms with Crippen LogP contribution >= 0.6 is 11.8 Å². The van der Waals surface area contributed by atoms with Crippen molar-refractivity contribution in [1.82, 2.24) is 10.6 Å². The van der Waals surface area contributed by atoms with E-state index >= 15 is 0 Å². The van der Waals surface area contributed by atoms with Crippen LogP contribution in [0.15, 0.2) is 18.2 Å². The number of fused-ring (bicyclic) bond motifs is 1. The van der Waals surface area contributed by atoms with Crippen molar-refractivity contribution in [3.05, 3.63) is 33.9 Å². The fourth-order valence-corrected chi connectivity index (χ4v) is 3.34. The number of nitrogens with zero attached hydrogens (tertiary/aromatic N) is 1. The number of aliphatic hydroxyl groups is 1. The van der Waals surface area contributed by atoms with Gasteiger partial charge in [-0.15, -0.1) is 10.1 Å². The number of hydrogen-bond acceptors (Lipinski definition) is 9. The summed E-state index contributed by atoms with van der Waals surface area (Å²) in [5, 5.41) is 27.7. The van der Waals surface area contributed by atoms with Crippen molar-refractivity contribution < 1.29 is 29.4 Å². The third-order valence-electron chi connectivity index (χ3n) is 4.10. The molecule has 0 fully saturated rings. The van der Waals surface area contributed by atoms with E-state index in [1.807, 2.05) is 12.1 Å². The normalized spacial score (nSPS) is 13.7. The van der Waals surface area contributed by atoms with Crippen LogP contribution in [0, 0.1) is 10.1 Å². The molecule has 1 aromatic carbocycles. The molecule has 0 saturated carbocycles. The van der Waals surface area contributed by atoms with Crippen LogP contribution in [0.3, 0.4) is 0 Å². The third kappa shape index (κ3) is 8.84. The molecule has 0 radical (unpaired) electrons. The molecule has 4 N–H and O–H groups in total. The highest BCUT2D eigenvalue weighted by atomic mass is 32.2. The molecule has 166 valence electrons. The second-order valence-corrected chi connectivity index (χ2v) is 7.56. The largest absolute Gasteiger partial charge is 0.490 e. The highest BCUT2D eigenvalue weighted by Gasteiger charge is 2.18. The van der Waals surface area contributed by atoms with E-state index in [0.29, 0.717) is 44.0 Å². The lowest BCUT2D eigenvalue weighted by Gasteiger charge is -2.21. The molecular formula is C18H26N4O7S. The Morgan fingerprint density at radius 2 is 2.20 bits per heavy atom. The van der Waals surface area contributed by atoms with Gasteiger partial charge >= 0.3 is 0 Å². The SMILES string of the molecule is O=C(CSCCO[N+](=O)[O-])NCCNCC(O)COc1cccc2c1CCC(=O)N2. The van der Waals surface area contributed by atoms with Gasteiger partial charge in [-0.25, -0.2) is 0 Å². The Bertz CT molecular complexity index is 734. The molecule has 1 atom stereocenters. The topological polar surface area (TPSA) is 152 Å². The molecule has 12 heteroatoms. The maximum Gasteiger partial charge on any atom is 0.294 e. The van der Waals surface area contributed by atoms with Gasteiger partial charge in [-0.1, -0.05) is 6.07 Å². The average molecular weight is 442 g/mol. The minimum Gasteiger partial charge on any atom is -0.490 e. The number of carbonyl (C=O) groups is 2. The summed E-state index contributed by atoms with van der Waals surface area (Å²) in [4.78, 5) is 37.2. The number of aliphatic hydroxyl groups excluding tert-OH is 1. The van der Waals surface area contributed by atoms with Crippen LogP contribution in [0.5, 0.6) is 5.75 Å². The van der Waals surface area contributed by atoms with Crippen molar-refractivity contribution in [2.75, 3.05) is 49.7 Å². The number of anilines is 1. The standard InChI is InChI=1S/C18H26N4O7S/c23-13(10-19-6-7-20-18(25)12-30-9-8-29-22(26)27)11-28-16-3-1-2-15-14(16)4-5-17(24)21-15/h1-3,13,19,23H,4-12H2,(H,20,25)(H,21,24). The van der Waals surface area contributed by atoms with Gasteiger partial charge in [0, 0.05) is 43.1 Å². The summed E-state index contributed by atoms with van der Waals surface area (Å²) in [7, 11) is 0. The smallest absolute Gasteiger partial charge is 0.294 e. The van der Waals surface area contributed by atoms with Gasteiger partial charge in [0.05, 0.1) is 5.75 Å². The van der Waals surface area contributed by atoms with Gasteiger partial charge < -0.3 is 30.6 Å². The highest BCUT2D eigenvalue weighted by molar-refractivity contribution is 7.99. The van der Waals surface area contributed by atoms with Gasteiger partial charge in [0.2, 0.25) is 11.8 Å². The van der Waals surface area contributed by atoms with Crippen molar-refractivity contribution >= 4 is 29.3 Å². The van der Waals surface area contributed by atoms with Crippen LogP contribution in [-0.4, -0.2) is 72.5 Å². The van der Waals surface area contributed by atoms with E-state index in [4.69, 9.17) is 4.74 Å². The zero-order valence-electron chi connectivity index (χ0n) is 16.4. The minimum atomic E-state index is -0.862. The number of ether oxygens (including phenoxy) is 1. The molecular weight excluding hydrogens is 416 g/mol. The molecule has 1 aromatic rings. The maximum atomic E-state index is 11.6. The monoisotopic (exact) mass is 442 g/mol. The first-order chi connectivity index (χ1) is 14.5. The lowest BCUT2D eigenvalue weighted by molar-refractivity contribution is -0.756. The summed E-state index contributed by atoms with van der Waals surface area (Å²) in [6, 6.07) is 5.43. The molecule has 2 amide bonds. The van der Waals surface area contributed by atoms with E-state index in [2.05, 4.69) is 20.8 Å². The Morgan fingerprint density at radius 3 is 3.00 bits per heavy atom. The fourth-order valence-electron chi connectivity index (χ4n) is 2.72. The molecule has 0 saturated heterocycles. The highest BCUT2D eigenvalue weighted by Crippen LogP contribution is 2.31. The van der Waals surface area contributed by atoms with E-state index in [1.165, 1.54) is 11.8 Å². The van der Waals surface area contributed by atoms with E-state index < -0.39 is 11.2 Å². The lowest BCUT2D eigenvalue weighted by Crippen LogP contribution is -2.37. The van der Waals surface area contributed by atoms with Gasteiger partial charge in [-0.2, -0.15) is 11.8 Å². The van der Waals surface area contributed by atoms with Crippen molar-refractivity contribution in [3.63, 3.8) is 0 Å². The van der Waals surface area contributed by atoms with Gasteiger partial charge in [0.1, 0.15) is 25.1 Å². The molecule has 0 aliphatic carbocycles. The summed E-state index contributed by atoms with van der Waals surface area (Å²) in [6.45, 7) is 1.23. The second-order valence-electron chi connectivity index (χ2n) is 6.46. The summed E-state index contributed by atoms with van der Waals surface area (Å²) in [5.41, 5.74) is 1.68.